The van der Waals surface area contributed by atoms with Gasteiger partial charge in [-0.05, 0) is 54.5 Å². The van der Waals surface area contributed by atoms with Crippen molar-refractivity contribution in [3.63, 3.8) is 0 Å². The zero-order chi connectivity index (χ0) is 22.1. The molecule has 7 nitrogen and oxygen atoms in total. The van der Waals surface area contributed by atoms with Gasteiger partial charge < -0.3 is 10.1 Å². The van der Waals surface area contributed by atoms with Crippen LogP contribution in [0.2, 0.25) is 0 Å². The number of carbonyl (C=O) groups excluding carboxylic acids is 1. The number of ether oxygens (including phenoxy) is 1. The lowest BCUT2D eigenvalue weighted by Gasteiger charge is -2.07. The van der Waals surface area contributed by atoms with Crippen molar-refractivity contribution < 1.29 is 17.9 Å². The fourth-order valence-electron chi connectivity index (χ4n) is 2.53. The lowest BCUT2D eigenvalue weighted by atomic mass is 10.2. The van der Waals surface area contributed by atoms with Gasteiger partial charge in [0.2, 0.25) is 5.91 Å². The molecule has 9 heteroatoms. The Morgan fingerprint density at radius 3 is 2.52 bits per heavy atom. The summed E-state index contributed by atoms with van der Waals surface area (Å²) >= 11 is 1.19. The van der Waals surface area contributed by atoms with Crippen molar-refractivity contribution >= 4 is 44.2 Å². The number of rotatable bonds is 10. The normalized spacial score (nSPS) is 11.4. The molecule has 162 valence electrons. The van der Waals surface area contributed by atoms with Crippen molar-refractivity contribution in [3.8, 4) is 5.75 Å². The van der Waals surface area contributed by atoms with Crippen molar-refractivity contribution in [2.45, 2.75) is 24.7 Å². The maximum absolute atomic E-state index is 12.3. The molecule has 0 bridgehead atoms. The van der Waals surface area contributed by atoms with Crippen molar-refractivity contribution in [1.29, 1.82) is 0 Å². The van der Waals surface area contributed by atoms with E-state index in [4.69, 9.17) is 4.74 Å². The Bertz CT molecular complexity index is 1110. The van der Waals surface area contributed by atoms with Crippen molar-refractivity contribution in [2.75, 3.05) is 16.6 Å². The van der Waals surface area contributed by atoms with Gasteiger partial charge in [-0.3, -0.25) is 9.52 Å². The van der Waals surface area contributed by atoms with E-state index >= 15 is 0 Å². The SMILES string of the molecule is CCCCOc1ccc(/C=C/C(=O)Nc2ccc(S(=O)(=O)Nc3nccs3)cc2)cc1. The number of sulfonamides is 1. The summed E-state index contributed by atoms with van der Waals surface area (Å²) in [7, 11) is -3.72. The third-order valence-electron chi connectivity index (χ3n) is 4.16. The number of nitrogens with zero attached hydrogens (tertiary/aromatic N) is 1. The summed E-state index contributed by atoms with van der Waals surface area (Å²) in [6.07, 6.45) is 6.73. The van der Waals surface area contributed by atoms with E-state index < -0.39 is 10.0 Å². The highest BCUT2D eigenvalue weighted by atomic mass is 32.2. The predicted octanol–water partition coefficient (Wildman–Crippen LogP) is 4.77. The number of hydrogen-bond donors (Lipinski definition) is 2. The van der Waals surface area contributed by atoms with E-state index in [1.54, 1.807) is 11.5 Å². The average molecular weight is 458 g/mol. The molecule has 0 aliphatic heterocycles. The lowest BCUT2D eigenvalue weighted by Crippen LogP contribution is -2.13. The molecule has 0 saturated carbocycles. The van der Waals surface area contributed by atoms with Gasteiger partial charge in [-0.2, -0.15) is 0 Å². The van der Waals surface area contributed by atoms with Gasteiger partial charge in [-0.15, -0.1) is 11.3 Å². The highest BCUT2D eigenvalue weighted by molar-refractivity contribution is 7.93. The highest BCUT2D eigenvalue weighted by Crippen LogP contribution is 2.20. The second-order valence-electron chi connectivity index (χ2n) is 6.56. The molecule has 1 amide bonds. The summed E-state index contributed by atoms with van der Waals surface area (Å²) in [5, 5.41) is 4.68. The Morgan fingerprint density at radius 1 is 1.13 bits per heavy atom. The van der Waals surface area contributed by atoms with Crippen LogP contribution >= 0.6 is 11.3 Å². The predicted molar refractivity (Wildman–Crippen MR) is 124 cm³/mol. The Hall–Kier alpha value is -3.17. The molecule has 3 rings (SSSR count). The minimum absolute atomic E-state index is 0.0810. The maximum Gasteiger partial charge on any atom is 0.263 e. The molecule has 1 heterocycles. The van der Waals surface area contributed by atoms with Gasteiger partial charge >= 0.3 is 0 Å². The fourth-order valence-corrected chi connectivity index (χ4v) is 4.32. The van der Waals surface area contributed by atoms with Crippen LogP contribution in [-0.2, 0) is 14.8 Å². The van der Waals surface area contributed by atoms with E-state index in [1.165, 1.54) is 47.9 Å². The van der Waals surface area contributed by atoms with Crippen LogP contribution in [0.4, 0.5) is 10.8 Å². The summed E-state index contributed by atoms with van der Waals surface area (Å²) in [4.78, 5) is 16.1. The molecule has 0 fully saturated rings. The third-order valence-corrected chi connectivity index (χ3v) is 6.33. The van der Waals surface area contributed by atoms with Gasteiger partial charge in [-0.25, -0.2) is 13.4 Å². The van der Waals surface area contributed by atoms with E-state index in [-0.39, 0.29) is 10.8 Å². The number of carbonyl (C=O) groups is 1. The topological polar surface area (TPSA) is 97.4 Å². The van der Waals surface area contributed by atoms with Gasteiger partial charge in [0, 0.05) is 23.3 Å². The van der Waals surface area contributed by atoms with Crippen molar-refractivity contribution in [3.05, 3.63) is 71.7 Å². The number of hydrogen-bond acceptors (Lipinski definition) is 6. The molecule has 2 N–H and O–H groups in total. The average Bonchev–Trinajstić information content (AvgIpc) is 3.26. The fraction of sp³-hybridized carbons (Fsp3) is 0.182. The molecule has 0 spiro atoms. The first-order valence-electron chi connectivity index (χ1n) is 9.70. The molecule has 31 heavy (non-hydrogen) atoms. The Morgan fingerprint density at radius 2 is 1.87 bits per heavy atom. The lowest BCUT2D eigenvalue weighted by molar-refractivity contribution is -0.111. The third kappa shape index (κ3) is 6.94. The number of aromatic nitrogens is 1. The quantitative estimate of drug-likeness (QED) is 0.337. The minimum atomic E-state index is -3.72. The first kappa shape index (κ1) is 22.5. The summed E-state index contributed by atoms with van der Waals surface area (Å²) in [5.74, 6) is 0.481. The molecule has 0 unspecified atom stereocenters. The summed E-state index contributed by atoms with van der Waals surface area (Å²) in [6.45, 7) is 2.80. The molecule has 0 radical (unpaired) electrons. The molecular weight excluding hydrogens is 434 g/mol. The van der Waals surface area contributed by atoms with Gasteiger partial charge in [0.25, 0.3) is 10.0 Å². The van der Waals surface area contributed by atoms with Crippen LogP contribution in [0.25, 0.3) is 6.08 Å². The van der Waals surface area contributed by atoms with Crippen LogP contribution in [-0.4, -0.2) is 25.9 Å². The van der Waals surface area contributed by atoms with Crippen LogP contribution < -0.4 is 14.8 Å². The number of unbranched alkanes of at least 4 members (excludes halogenated alkanes) is 1. The standard InChI is InChI=1S/C22H23N3O4S2/c1-2-3-15-29-19-9-4-17(5-10-19)6-13-21(26)24-18-7-11-20(12-8-18)31(27,28)25-22-23-14-16-30-22/h4-14,16H,2-3,15H2,1H3,(H,23,25)(H,24,26)/b13-6+. The summed E-state index contributed by atoms with van der Waals surface area (Å²) < 4.78 is 32.7. The molecule has 0 aliphatic carbocycles. The Kier molecular flexibility index (Phi) is 7.80. The second kappa shape index (κ2) is 10.7. The second-order valence-corrected chi connectivity index (χ2v) is 9.14. The maximum atomic E-state index is 12.3. The van der Waals surface area contributed by atoms with Gasteiger partial charge in [0.15, 0.2) is 5.13 Å². The first-order chi connectivity index (χ1) is 15.0. The molecule has 0 aliphatic rings. The van der Waals surface area contributed by atoms with Crippen molar-refractivity contribution in [1.82, 2.24) is 4.98 Å². The first-order valence-corrected chi connectivity index (χ1v) is 12.1. The molecule has 3 aromatic rings. The van der Waals surface area contributed by atoms with Gasteiger partial charge in [0.05, 0.1) is 11.5 Å². The largest absolute Gasteiger partial charge is 0.494 e. The van der Waals surface area contributed by atoms with Crippen LogP contribution in [0.15, 0.2) is 71.1 Å². The number of amides is 1. The molecule has 1 aromatic heterocycles. The van der Waals surface area contributed by atoms with E-state index in [0.717, 1.165) is 24.2 Å². The van der Waals surface area contributed by atoms with Gasteiger partial charge in [0.1, 0.15) is 5.75 Å². The molecule has 2 aromatic carbocycles. The smallest absolute Gasteiger partial charge is 0.263 e. The zero-order valence-corrected chi connectivity index (χ0v) is 18.6. The Balaban J connectivity index is 1.54. The van der Waals surface area contributed by atoms with Crippen LogP contribution in [0.1, 0.15) is 25.3 Å². The van der Waals surface area contributed by atoms with Gasteiger partial charge in [-0.1, -0.05) is 25.5 Å². The molecule has 0 saturated heterocycles. The monoisotopic (exact) mass is 457 g/mol. The highest BCUT2D eigenvalue weighted by Gasteiger charge is 2.15. The van der Waals surface area contributed by atoms with Crippen molar-refractivity contribution in [2.24, 2.45) is 0 Å². The Labute approximate surface area is 185 Å². The molecular formula is C22H23N3O4S2. The van der Waals surface area contributed by atoms with E-state index in [1.807, 2.05) is 24.3 Å². The van der Waals surface area contributed by atoms with E-state index in [9.17, 15) is 13.2 Å². The van der Waals surface area contributed by atoms with E-state index in [2.05, 4.69) is 21.9 Å². The van der Waals surface area contributed by atoms with Crippen LogP contribution in [0, 0.1) is 0 Å². The summed E-state index contributed by atoms with van der Waals surface area (Å²) in [6, 6.07) is 13.4. The summed E-state index contributed by atoms with van der Waals surface area (Å²) in [5.41, 5.74) is 1.36. The van der Waals surface area contributed by atoms with E-state index in [0.29, 0.717) is 17.4 Å². The molecule has 0 atom stereocenters. The number of thiazole rings is 1. The number of nitrogens with one attached hydrogen (secondary N) is 2. The van der Waals surface area contributed by atoms with Crippen LogP contribution in [0.3, 0.4) is 0 Å². The van der Waals surface area contributed by atoms with Crippen LogP contribution in [0.5, 0.6) is 5.75 Å². The zero-order valence-electron chi connectivity index (χ0n) is 16.9. The number of anilines is 2. The minimum Gasteiger partial charge on any atom is -0.494 e. The number of benzene rings is 2.